The fourth-order valence-electron chi connectivity index (χ4n) is 3.38. The molecule has 1 saturated heterocycles. The minimum absolute atomic E-state index is 0.0629. The Balaban J connectivity index is 2.01. The molecular weight excluding hydrogens is 214 g/mol. The van der Waals surface area contributed by atoms with Gasteiger partial charge in [0, 0.05) is 18.2 Å². The fraction of sp³-hybridized carbons (Fsp3) is 1.00. The van der Waals surface area contributed by atoms with E-state index in [0.717, 1.165) is 25.9 Å². The third-order valence-corrected chi connectivity index (χ3v) is 4.66. The Hall–Kier alpha value is -0.120. The van der Waals surface area contributed by atoms with E-state index >= 15 is 0 Å². The minimum atomic E-state index is -0.0992. The van der Waals surface area contributed by atoms with Gasteiger partial charge >= 0.3 is 0 Å². The topological polar surface area (TPSA) is 41.5 Å². The first-order valence-corrected chi connectivity index (χ1v) is 7.14. The van der Waals surface area contributed by atoms with Gasteiger partial charge in [0.2, 0.25) is 0 Å². The van der Waals surface area contributed by atoms with Crippen molar-refractivity contribution in [2.24, 2.45) is 0 Å². The zero-order chi connectivity index (χ0) is 12.4. The predicted octanol–water partition coefficient (Wildman–Crippen LogP) is 2.23. The molecule has 1 heterocycles. The van der Waals surface area contributed by atoms with Crippen LogP contribution < -0.4 is 5.32 Å². The van der Waals surface area contributed by atoms with Gasteiger partial charge in [-0.1, -0.05) is 19.8 Å². The third-order valence-electron chi connectivity index (χ3n) is 4.66. The van der Waals surface area contributed by atoms with Crippen LogP contribution in [0, 0.1) is 0 Å². The average molecular weight is 241 g/mol. The molecule has 0 aromatic carbocycles. The maximum Gasteiger partial charge on any atom is 0.0670 e. The quantitative estimate of drug-likeness (QED) is 0.793. The van der Waals surface area contributed by atoms with Gasteiger partial charge in [-0.25, -0.2) is 0 Å². The van der Waals surface area contributed by atoms with E-state index < -0.39 is 0 Å². The largest absolute Gasteiger partial charge is 0.394 e. The molecule has 2 rings (SSSR count). The molecular formula is C14H27NO2. The van der Waals surface area contributed by atoms with Gasteiger partial charge in [0.05, 0.1) is 12.2 Å². The molecule has 0 spiro atoms. The van der Waals surface area contributed by atoms with Gasteiger partial charge in [-0.3, -0.25) is 0 Å². The summed E-state index contributed by atoms with van der Waals surface area (Å²) in [5.41, 5.74) is -0.162. The van der Waals surface area contributed by atoms with Crippen LogP contribution in [-0.4, -0.2) is 35.5 Å². The van der Waals surface area contributed by atoms with Gasteiger partial charge in [-0.05, 0) is 39.0 Å². The number of nitrogens with one attached hydrogen (secondary N) is 1. The second kappa shape index (κ2) is 5.25. The maximum absolute atomic E-state index is 9.81. The Kier molecular flexibility index (Phi) is 4.11. The third kappa shape index (κ3) is 3.01. The highest BCUT2D eigenvalue weighted by molar-refractivity contribution is 4.99. The average Bonchev–Trinajstić information content (AvgIpc) is 2.82. The highest BCUT2D eigenvalue weighted by atomic mass is 16.5. The lowest BCUT2D eigenvalue weighted by Crippen LogP contribution is -2.60. The molecule has 2 atom stereocenters. The zero-order valence-electron chi connectivity index (χ0n) is 11.3. The van der Waals surface area contributed by atoms with Gasteiger partial charge in [0.1, 0.15) is 0 Å². The molecule has 0 amide bonds. The normalized spacial score (nSPS) is 39.7. The summed E-state index contributed by atoms with van der Waals surface area (Å²) in [6.45, 7) is 5.35. The summed E-state index contributed by atoms with van der Waals surface area (Å²) < 4.78 is 5.89. The Morgan fingerprint density at radius 2 is 2.06 bits per heavy atom. The van der Waals surface area contributed by atoms with Crippen molar-refractivity contribution in [3.05, 3.63) is 0 Å². The zero-order valence-corrected chi connectivity index (χ0v) is 11.3. The molecule has 2 aliphatic rings. The standard InChI is InChI=1S/C14H27NO2/c1-3-13(2)10-14(11-16,8-9-17-13)15-12-6-4-5-7-12/h12,15-16H,3-11H2,1-2H3. The van der Waals surface area contributed by atoms with Gasteiger partial charge in [-0.2, -0.15) is 0 Å². The lowest BCUT2D eigenvalue weighted by molar-refractivity contribution is -0.113. The highest BCUT2D eigenvalue weighted by Crippen LogP contribution is 2.35. The second-order valence-corrected chi connectivity index (χ2v) is 6.14. The van der Waals surface area contributed by atoms with Gasteiger partial charge in [0.15, 0.2) is 0 Å². The van der Waals surface area contributed by atoms with Gasteiger partial charge < -0.3 is 15.2 Å². The van der Waals surface area contributed by atoms with Crippen molar-refractivity contribution in [2.75, 3.05) is 13.2 Å². The van der Waals surface area contributed by atoms with E-state index in [9.17, 15) is 5.11 Å². The molecule has 3 nitrogen and oxygen atoms in total. The molecule has 2 N–H and O–H groups in total. The monoisotopic (exact) mass is 241 g/mol. The fourth-order valence-corrected chi connectivity index (χ4v) is 3.38. The van der Waals surface area contributed by atoms with E-state index in [4.69, 9.17) is 4.74 Å². The van der Waals surface area contributed by atoms with Crippen molar-refractivity contribution in [3.63, 3.8) is 0 Å². The molecule has 1 aliphatic heterocycles. The Morgan fingerprint density at radius 3 is 2.65 bits per heavy atom. The smallest absolute Gasteiger partial charge is 0.0670 e. The van der Waals surface area contributed by atoms with E-state index in [2.05, 4.69) is 19.2 Å². The van der Waals surface area contributed by atoms with E-state index in [1.54, 1.807) is 0 Å². The Bertz CT molecular complexity index is 253. The van der Waals surface area contributed by atoms with E-state index in [0.29, 0.717) is 6.04 Å². The molecule has 1 saturated carbocycles. The molecule has 0 radical (unpaired) electrons. The lowest BCUT2D eigenvalue weighted by Gasteiger charge is -2.47. The molecule has 2 unspecified atom stereocenters. The van der Waals surface area contributed by atoms with E-state index in [1.807, 2.05) is 0 Å². The van der Waals surface area contributed by atoms with Crippen LogP contribution in [0.1, 0.15) is 58.8 Å². The molecule has 1 aliphatic carbocycles. The number of aliphatic hydroxyl groups excluding tert-OH is 1. The van der Waals surface area contributed by atoms with Crippen LogP contribution >= 0.6 is 0 Å². The predicted molar refractivity (Wildman–Crippen MR) is 69.1 cm³/mol. The first-order valence-electron chi connectivity index (χ1n) is 7.14. The summed E-state index contributed by atoms with van der Waals surface area (Å²) in [6, 6.07) is 0.612. The van der Waals surface area contributed by atoms with Crippen LogP contribution in [0.2, 0.25) is 0 Å². The molecule has 3 heteroatoms. The van der Waals surface area contributed by atoms with Crippen molar-refractivity contribution < 1.29 is 9.84 Å². The number of hydrogen-bond acceptors (Lipinski definition) is 3. The Morgan fingerprint density at radius 1 is 1.35 bits per heavy atom. The summed E-state index contributed by atoms with van der Waals surface area (Å²) in [5, 5.41) is 13.6. The summed E-state index contributed by atoms with van der Waals surface area (Å²) in [4.78, 5) is 0. The Labute approximate surface area is 105 Å². The van der Waals surface area contributed by atoms with Crippen molar-refractivity contribution in [3.8, 4) is 0 Å². The molecule has 0 aromatic rings. The van der Waals surface area contributed by atoms with Gasteiger partial charge in [0.25, 0.3) is 0 Å². The minimum Gasteiger partial charge on any atom is -0.394 e. The van der Waals surface area contributed by atoms with Crippen LogP contribution in [0.5, 0.6) is 0 Å². The van der Waals surface area contributed by atoms with Crippen molar-refractivity contribution >= 4 is 0 Å². The maximum atomic E-state index is 9.81. The van der Waals surface area contributed by atoms with Crippen LogP contribution in [0.3, 0.4) is 0 Å². The summed E-state index contributed by atoms with van der Waals surface area (Å²) >= 11 is 0. The molecule has 17 heavy (non-hydrogen) atoms. The van der Waals surface area contributed by atoms with Crippen molar-refractivity contribution in [1.29, 1.82) is 0 Å². The summed E-state index contributed by atoms with van der Waals surface area (Å²) in [6.07, 6.45) is 8.10. The number of aliphatic hydroxyl groups is 1. The molecule has 0 bridgehead atoms. The second-order valence-electron chi connectivity index (χ2n) is 6.14. The first kappa shape index (κ1) is 13.3. The van der Waals surface area contributed by atoms with Crippen LogP contribution in [0.15, 0.2) is 0 Å². The number of ether oxygens (including phenoxy) is 1. The number of rotatable bonds is 4. The summed E-state index contributed by atoms with van der Waals surface area (Å²) in [7, 11) is 0. The first-order chi connectivity index (χ1) is 8.11. The molecule has 100 valence electrons. The van der Waals surface area contributed by atoms with E-state index in [-0.39, 0.29) is 17.7 Å². The van der Waals surface area contributed by atoms with Crippen molar-refractivity contribution in [1.82, 2.24) is 5.32 Å². The highest BCUT2D eigenvalue weighted by Gasteiger charge is 2.43. The van der Waals surface area contributed by atoms with E-state index in [1.165, 1.54) is 25.7 Å². The SMILES string of the molecule is CCC1(C)CC(CO)(NC2CCCC2)CCO1. The van der Waals surface area contributed by atoms with Crippen LogP contribution in [0.25, 0.3) is 0 Å². The van der Waals surface area contributed by atoms with Crippen LogP contribution in [-0.2, 0) is 4.74 Å². The molecule has 2 fully saturated rings. The van der Waals surface area contributed by atoms with Crippen molar-refractivity contribution in [2.45, 2.75) is 76.0 Å². The molecule has 0 aromatic heterocycles. The summed E-state index contributed by atoms with van der Waals surface area (Å²) in [5.74, 6) is 0. The van der Waals surface area contributed by atoms with Crippen LogP contribution in [0.4, 0.5) is 0 Å². The number of hydrogen-bond donors (Lipinski definition) is 2. The van der Waals surface area contributed by atoms with Gasteiger partial charge in [-0.15, -0.1) is 0 Å². The lowest BCUT2D eigenvalue weighted by atomic mass is 9.79.